The molecule has 1 amide bonds. The lowest BCUT2D eigenvalue weighted by Gasteiger charge is -2.33. The van der Waals surface area contributed by atoms with E-state index in [9.17, 15) is 13.2 Å². The highest BCUT2D eigenvalue weighted by Crippen LogP contribution is 2.28. The van der Waals surface area contributed by atoms with Gasteiger partial charge in [0, 0.05) is 0 Å². The summed E-state index contributed by atoms with van der Waals surface area (Å²) < 4.78 is 42.4. The van der Waals surface area contributed by atoms with E-state index >= 15 is 0 Å². The van der Waals surface area contributed by atoms with Gasteiger partial charge in [0.25, 0.3) is 16.0 Å². The number of fused-ring (bicyclic) bond motifs is 1. The van der Waals surface area contributed by atoms with Crippen molar-refractivity contribution < 1.29 is 31.6 Å². The smallest absolute Gasteiger partial charge is 0.264 e. The molecule has 1 aromatic rings. The number of carbonyl (C=O) groups excluding carboxylic acids is 1. The van der Waals surface area contributed by atoms with Gasteiger partial charge in [-0.2, -0.15) is 8.42 Å². The molecule has 2 rings (SSSR count). The first-order valence-corrected chi connectivity index (χ1v) is 9.62. The fourth-order valence-electron chi connectivity index (χ4n) is 2.23. The van der Waals surface area contributed by atoms with Crippen molar-refractivity contribution in [1.82, 2.24) is 5.32 Å². The largest absolute Gasteiger partial charge is 0.468 e. The van der Waals surface area contributed by atoms with E-state index in [2.05, 4.69) is 9.50 Å². The molecule has 0 atom stereocenters. The van der Waals surface area contributed by atoms with Crippen LogP contribution in [0.5, 0.6) is 5.75 Å². The molecule has 0 aromatic heterocycles. The van der Waals surface area contributed by atoms with Crippen LogP contribution in [0.15, 0.2) is 18.2 Å². The van der Waals surface area contributed by atoms with E-state index in [1.165, 1.54) is 0 Å². The molecule has 0 radical (unpaired) electrons. The van der Waals surface area contributed by atoms with Crippen LogP contribution < -0.4 is 10.1 Å². The topological polar surface area (TPSA) is 100 Å². The number of hydrogen-bond donors (Lipinski definition) is 1. The van der Waals surface area contributed by atoms with Crippen LogP contribution in [0.1, 0.15) is 29.8 Å². The molecule has 0 saturated carbocycles. The monoisotopic (exact) mass is 373 g/mol. The number of hydrogen-bond acceptors (Lipinski definition) is 7. The van der Waals surface area contributed by atoms with Gasteiger partial charge in [-0.3, -0.25) is 8.98 Å². The van der Waals surface area contributed by atoms with Gasteiger partial charge in [-0.05, 0) is 31.5 Å². The Bertz CT molecular complexity index is 715. The third-order valence-corrected chi connectivity index (χ3v) is 3.83. The summed E-state index contributed by atoms with van der Waals surface area (Å²) in [5, 5.41) is 2.77. The molecule has 9 heteroatoms. The Kier molecular flexibility index (Phi) is 6.39. The average molecular weight is 373 g/mol. The Labute approximate surface area is 147 Å². The molecule has 0 saturated heterocycles. The normalized spacial score (nSPS) is 16.0. The number of benzene rings is 1. The van der Waals surface area contributed by atoms with Crippen molar-refractivity contribution in [3.05, 3.63) is 29.3 Å². The minimum atomic E-state index is -3.43. The molecule has 0 bridgehead atoms. The fraction of sp³-hybridized carbons (Fsp3) is 0.562. The molecule has 1 aliphatic rings. The maximum atomic E-state index is 12.1. The van der Waals surface area contributed by atoms with Crippen molar-refractivity contribution in [2.75, 3.05) is 32.7 Å². The lowest BCUT2D eigenvalue weighted by molar-refractivity contribution is 0.0308. The summed E-state index contributed by atoms with van der Waals surface area (Å²) in [5.74, 6) is 0.369. The minimum Gasteiger partial charge on any atom is -0.468 e. The number of rotatable bonds is 9. The maximum Gasteiger partial charge on any atom is 0.264 e. The summed E-state index contributed by atoms with van der Waals surface area (Å²) in [7, 11) is -3.43. The summed E-state index contributed by atoms with van der Waals surface area (Å²) in [6, 6.07) is 5.34. The summed E-state index contributed by atoms with van der Waals surface area (Å²) in [6.45, 7) is 4.70. The molecule has 1 aromatic carbocycles. The molecule has 25 heavy (non-hydrogen) atoms. The zero-order valence-electron chi connectivity index (χ0n) is 14.5. The maximum absolute atomic E-state index is 12.1. The summed E-state index contributed by atoms with van der Waals surface area (Å²) in [5.41, 5.74) is 0.604. The first kappa shape index (κ1) is 19.6. The Morgan fingerprint density at radius 3 is 2.52 bits per heavy atom. The van der Waals surface area contributed by atoms with Crippen molar-refractivity contribution >= 4 is 16.0 Å². The van der Waals surface area contributed by atoms with Gasteiger partial charge in [0.15, 0.2) is 5.72 Å². The summed E-state index contributed by atoms with van der Waals surface area (Å²) in [6.07, 6.45) is 0.987. The molecule has 8 nitrogen and oxygen atoms in total. The van der Waals surface area contributed by atoms with Gasteiger partial charge in [0.1, 0.15) is 5.75 Å². The van der Waals surface area contributed by atoms with Gasteiger partial charge < -0.3 is 19.5 Å². The van der Waals surface area contributed by atoms with E-state index in [0.29, 0.717) is 31.1 Å². The van der Waals surface area contributed by atoms with Crippen molar-refractivity contribution in [1.29, 1.82) is 0 Å². The minimum absolute atomic E-state index is 0.0187. The number of carbonyl (C=O) groups is 1. The van der Waals surface area contributed by atoms with Gasteiger partial charge in [-0.25, -0.2) is 0 Å². The molecule has 140 valence electrons. The van der Waals surface area contributed by atoms with Crippen LogP contribution in [-0.4, -0.2) is 52.7 Å². The van der Waals surface area contributed by atoms with Crippen LogP contribution in [0.3, 0.4) is 0 Å². The van der Waals surface area contributed by atoms with Gasteiger partial charge in [0.05, 0.1) is 44.9 Å². The van der Waals surface area contributed by atoms with E-state index < -0.39 is 15.8 Å². The highest BCUT2D eigenvalue weighted by molar-refractivity contribution is 7.85. The van der Waals surface area contributed by atoms with Gasteiger partial charge in [-0.1, -0.05) is 6.07 Å². The van der Waals surface area contributed by atoms with Crippen molar-refractivity contribution in [3.63, 3.8) is 0 Å². The van der Waals surface area contributed by atoms with Crippen molar-refractivity contribution in [2.24, 2.45) is 0 Å². The second kappa shape index (κ2) is 8.13. The molecule has 0 spiro atoms. The van der Waals surface area contributed by atoms with E-state index in [1.54, 1.807) is 26.0 Å². The summed E-state index contributed by atoms with van der Waals surface area (Å²) in [4.78, 5) is 12.1. The van der Waals surface area contributed by atoms with Crippen LogP contribution in [0.2, 0.25) is 0 Å². The molecule has 1 N–H and O–H groups in total. The first-order valence-electron chi connectivity index (χ1n) is 7.81. The molecule has 0 fully saturated rings. The zero-order chi connectivity index (χ0) is 18.5. The Morgan fingerprint density at radius 2 is 1.80 bits per heavy atom. The second-order valence-electron chi connectivity index (χ2n) is 6.09. The van der Waals surface area contributed by atoms with E-state index in [-0.39, 0.29) is 19.1 Å². The number of nitrogens with one attached hydrogen (secondary N) is 1. The van der Waals surface area contributed by atoms with Gasteiger partial charge in [0.2, 0.25) is 0 Å². The Morgan fingerprint density at radius 1 is 1.12 bits per heavy atom. The van der Waals surface area contributed by atoms with Crippen molar-refractivity contribution in [2.45, 2.75) is 26.2 Å². The van der Waals surface area contributed by atoms with Gasteiger partial charge >= 0.3 is 0 Å². The quantitative estimate of drug-likeness (QED) is 0.510. The van der Waals surface area contributed by atoms with Crippen LogP contribution in [0.25, 0.3) is 0 Å². The predicted octanol–water partition coefficient (Wildman–Crippen LogP) is 1.05. The third kappa shape index (κ3) is 6.62. The lowest BCUT2D eigenvalue weighted by atomic mass is 10.1. The Hall–Kier alpha value is -1.68. The molecule has 1 heterocycles. The molecule has 0 aliphatic carbocycles. The van der Waals surface area contributed by atoms with Crippen LogP contribution in [0.4, 0.5) is 0 Å². The van der Waals surface area contributed by atoms with E-state index in [1.807, 2.05) is 6.07 Å². The van der Waals surface area contributed by atoms with Crippen LogP contribution in [0, 0.1) is 0 Å². The molecule has 1 aliphatic heterocycles. The average Bonchev–Trinajstić information content (AvgIpc) is 2.48. The van der Waals surface area contributed by atoms with E-state index in [4.69, 9.17) is 14.2 Å². The zero-order valence-corrected chi connectivity index (χ0v) is 15.4. The Balaban J connectivity index is 1.70. The number of ether oxygens (including phenoxy) is 3. The molecular formula is C16H23NO7S. The van der Waals surface area contributed by atoms with E-state index in [0.717, 1.165) is 11.8 Å². The third-order valence-electron chi connectivity index (χ3n) is 3.23. The lowest BCUT2D eigenvalue weighted by Crippen LogP contribution is -2.51. The standard InChI is InChI=1S/C16H23NO7S/c1-16(2)17-15(18)13-10-12(4-5-14(13)24-16)11-22-7-6-21-8-9-23-25(3,19)20/h4-5,10H,6-9,11H2,1-3H3,(H,17,18). The van der Waals surface area contributed by atoms with Gasteiger partial charge in [-0.15, -0.1) is 0 Å². The summed E-state index contributed by atoms with van der Waals surface area (Å²) >= 11 is 0. The first-order chi connectivity index (χ1) is 11.7. The molecule has 0 unspecified atom stereocenters. The second-order valence-corrected chi connectivity index (χ2v) is 7.73. The van der Waals surface area contributed by atoms with Crippen molar-refractivity contribution in [3.8, 4) is 5.75 Å². The van der Waals surface area contributed by atoms with Crippen LogP contribution >= 0.6 is 0 Å². The fourth-order valence-corrected chi connectivity index (χ4v) is 2.60. The SMILES string of the molecule is CC1(C)NC(=O)c2cc(COCCOCCOS(C)(=O)=O)ccc2O1. The van der Waals surface area contributed by atoms with Crippen LogP contribution in [-0.2, 0) is 30.4 Å². The predicted molar refractivity (Wildman–Crippen MR) is 89.9 cm³/mol. The number of amides is 1. The highest BCUT2D eigenvalue weighted by atomic mass is 32.2. The highest BCUT2D eigenvalue weighted by Gasteiger charge is 2.31. The molecular weight excluding hydrogens is 350 g/mol.